The van der Waals surface area contributed by atoms with Gasteiger partial charge < -0.3 is 20.5 Å². The highest BCUT2D eigenvalue weighted by molar-refractivity contribution is 5.85. The smallest absolute Gasteiger partial charge is 0.261 e. The van der Waals surface area contributed by atoms with E-state index in [1.807, 2.05) is 13.8 Å². The van der Waals surface area contributed by atoms with Crippen LogP contribution in [0.1, 0.15) is 26.7 Å². The van der Waals surface area contributed by atoms with Gasteiger partial charge in [-0.3, -0.25) is 14.2 Å². The highest BCUT2D eigenvalue weighted by Gasteiger charge is 2.13. The average Bonchev–Trinajstić information content (AvgIpc) is 2.60. The SMILES string of the molecule is COc1cc2ncn(CCCC(=O)NCC(C)(C)N)c(=O)c2cc1OC.Cl. The van der Waals surface area contributed by atoms with Crippen LogP contribution in [0.15, 0.2) is 23.3 Å². The van der Waals surface area contributed by atoms with Crippen molar-refractivity contribution in [1.82, 2.24) is 14.9 Å². The number of aryl methyl sites for hydroxylation is 1. The number of hydrogen-bond donors (Lipinski definition) is 2. The van der Waals surface area contributed by atoms with Crippen LogP contribution in [0.25, 0.3) is 10.9 Å². The largest absolute Gasteiger partial charge is 0.493 e. The van der Waals surface area contributed by atoms with Crippen molar-refractivity contribution >= 4 is 29.2 Å². The molecule has 150 valence electrons. The molecule has 2 rings (SSSR count). The number of nitrogens with one attached hydrogen (secondary N) is 1. The van der Waals surface area contributed by atoms with Crippen LogP contribution in [0, 0.1) is 0 Å². The molecule has 9 heteroatoms. The Balaban J connectivity index is 0.00000364. The van der Waals surface area contributed by atoms with E-state index in [0.29, 0.717) is 48.3 Å². The number of benzene rings is 1. The molecule has 0 aliphatic rings. The molecule has 8 nitrogen and oxygen atoms in total. The van der Waals surface area contributed by atoms with Gasteiger partial charge in [-0.25, -0.2) is 4.98 Å². The van der Waals surface area contributed by atoms with Crippen molar-refractivity contribution in [3.8, 4) is 11.5 Å². The number of halogens is 1. The van der Waals surface area contributed by atoms with Gasteiger partial charge >= 0.3 is 0 Å². The number of methoxy groups -OCH3 is 2. The highest BCUT2D eigenvalue weighted by Crippen LogP contribution is 2.29. The zero-order valence-electron chi connectivity index (χ0n) is 16.1. The molecule has 0 spiro atoms. The van der Waals surface area contributed by atoms with E-state index in [0.717, 1.165) is 0 Å². The monoisotopic (exact) mass is 398 g/mol. The van der Waals surface area contributed by atoms with Crippen molar-refractivity contribution in [3.05, 3.63) is 28.8 Å². The summed E-state index contributed by atoms with van der Waals surface area (Å²) in [4.78, 5) is 28.8. The number of hydrogen-bond acceptors (Lipinski definition) is 6. The maximum Gasteiger partial charge on any atom is 0.261 e. The van der Waals surface area contributed by atoms with Gasteiger partial charge in [-0.1, -0.05) is 0 Å². The number of nitrogens with zero attached hydrogens (tertiary/aromatic N) is 2. The Morgan fingerprint density at radius 1 is 1.26 bits per heavy atom. The summed E-state index contributed by atoms with van der Waals surface area (Å²) in [5, 5.41) is 3.23. The number of carbonyl (C=O) groups is 1. The van der Waals surface area contributed by atoms with Crippen LogP contribution in [0.5, 0.6) is 11.5 Å². The summed E-state index contributed by atoms with van der Waals surface area (Å²) in [5.41, 5.74) is 5.74. The fraction of sp³-hybridized carbons (Fsp3) is 0.500. The van der Waals surface area contributed by atoms with Crippen molar-refractivity contribution in [2.75, 3.05) is 20.8 Å². The normalized spacial score (nSPS) is 11.0. The second-order valence-electron chi connectivity index (χ2n) is 6.84. The summed E-state index contributed by atoms with van der Waals surface area (Å²) in [6, 6.07) is 3.29. The number of ether oxygens (including phenoxy) is 2. The van der Waals surface area contributed by atoms with Crippen molar-refractivity contribution in [1.29, 1.82) is 0 Å². The van der Waals surface area contributed by atoms with E-state index < -0.39 is 5.54 Å². The van der Waals surface area contributed by atoms with Gasteiger partial charge in [0.1, 0.15) is 0 Å². The first kappa shape index (κ1) is 22.7. The molecule has 0 aliphatic heterocycles. The van der Waals surface area contributed by atoms with Gasteiger partial charge in [0.25, 0.3) is 5.56 Å². The number of carbonyl (C=O) groups excluding carboxylic acids is 1. The van der Waals surface area contributed by atoms with Crippen LogP contribution in [-0.4, -0.2) is 41.8 Å². The first-order valence-corrected chi connectivity index (χ1v) is 8.42. The summed E-state index contributed by atoms with van der Waals surface area (Å²) >= 11 is 0. The number of fused-ring (bicyclic) bond motifs is 1. The van der Waals surface area contributed by atoms with E-state index in [9.17, 15) is 9.59 Å². The lowest BCUT2D eigenvalue weighted by Gasteiger charge is -2.18. The summed E-state index contributed by atoms with van der Waals surface area (Å²) in [5.74, 6) is 0.904. The molecule has 0 bridgehead atoms. The van der Waals surface area contributed by atoms with E-state index in [2.05, 4.69) is 10.3 Å². The predicted molar refractivity (Wildman–Crippen MR) is 107 cm³/mol. The highest BCUT2D eigenvalue weighted by atomic mass is 35.5. The zero-order chi connectivity index (χ0) is 19.3. The summed E-state index contributed by atoms with van der Waals surface area (Å²) in [6.07, 6.45) is 2.32. The molecule has 0 aliphatic carbocycles. The minimum atomic E-state index is -0.449. The first-order valence-electron chi connectivity index (χ1n) is 8.42. The van der Waals surface area contributed by atoms with Crippen LogP contribution in [-0.2, 0) is 11.3 Å². The molecular weight excluding hydrogens is 372 g/mol. The number of amides is 1. The number of aromatic nitrogens is 2. The van der Waals surface area contributed by atoms with Crippen LogP contribution in [0.3, 0.4) is 0 Å². The fourth-order valence-electron chi connectivity index (χ4n) is 2.47. The number of rotatable bonds is 8. The maximum absolute atomic E-state index is 12.6. The van der Waals surface area contributed by atoms with E-state index in [1.54, 1.807) is 12.1 Å². The molecule has 0 radical (unpaired) electrons. The molecule has 1 amide bonds. The van der Waals surface area contributed by atoms with Gasteiger partial charge in [0.05, 0.1) is 31.4 Å². The lowest BCUT2D eigenvalue weighted by Crippen LogP contribution is -2.45. The lowest BCUT2D eigenvalue weighted by molar-refractivity contribution is -0.121. The van der Waals surface area contributed by atoms with Crippen LogP contribution < -0.4 is 26.1 Å². The standard InChI is InChI=1S/C18H26N4O4.ClH/c1-18(2,19)10-20-16(23)6-5-7-22-11-21-13-9-15(26-4)14(25-3)8-12(13)17(22)24;/h8-9,11H,5-7,10,19H2,1-4H3,(H,20,23);1H. The third kappa shape index (κ3) is 6.11. The van der Waals surface area contributed by atoms with Crippen molar-refractivity contribution in [3.63, 3.8) is 0 Å². The lowest BCUT2D eigenvalue weighted by atomic mass is 10.1. The van der Waals surface area contributed by atoms with Gasteiger partial charge in [-0.15, -0.1) is 12.4 Å². The van der Waals surface area contributed by atoms with Crippen molar-refractivity contribution < 1.29 is 14.3 Å². The minimum absolute atomic E-state index is 0. The second-order valence-corrected chi connectivity index (χ2v) is 6.84. The Hall–Kier alpha value is -2.32. The predicted octanol–water partition coefficient (Wildman–Crippen LogP) is 1.47. The Bertz CT molecular complexity index is 846. The quantitative estimate of drug-likeness (QED) is 0.697. The van der Waals surface area contributed by atoms with Gasteiger partial charge in [0.15, 0.2) is 11.5 Å². The van der Waals surface area contributed by atoms with Gasteiger partial charge in [-0.2, -0.15) is 0 Å². The Labute approximate surface area is 164 Å². The first-order chi connectivity index (χ1) is 12.2. The summed E-state index contributed by atoms with van der Waals surface area (Å²) in [7, 11) is 3.04. The third-order valence-electron chi connectivity index (χ3n) is 3.87. The van der Waals surface area contributed by atoms with Crippen LogP contribution in [0.2, 0.25) is 0 Å². The molecule has 0 unspecified atom stereocenters. The molecule has 0 atom stereocenters. The molecule has 3 N–H and O–H groups in total. The molecular formula is C18H27ClN4O4. The topological polar surface area (TPSA) is 108 Å². The molecule has 2 aromatic rings. The Morgan fingerprint density at radius 2 is 1.89 bits per heavy atom. The van der Waals surface area contributed by atoms with E-state index in [-0.39, 0.29) is 23.9 Å². The summed E-state index contributed by atoms with van der Waals surface area (Å²) < 4.78 is 12.0. The average molecular weight is 399 g/mol. The second kappa shape index (κ2) is 9.57. The van der Waals surface area contributed by atoms with Crippen molar-refractivity contribution in [2.45, 2.75) is 38.8 Å². The third-order valence-corrected chi connectivity index (χ3v) is 3.87. The van der Waals surface area contributed by atoms with Gasteiger partial charge in [0, 0.05) is 31.1 Å². The van der Waals surface area contributed by atoms with Crippen LogP contribution >= 0.6 is 12.4 Å². The molecule has 1 aromatic carbocycles. The van der Waals surface area contributed by atoms with E-state index in [1.165, 1.54) is 25.1 Å². The Morgan fingerprint density at radius 3 is 2.48 bits per heavy atom. The molecule has 0 saturated heterocycles. The van der Waals surface area contributed by atoms with Crippen molar-refractivity contribution in [2.24, 2.45) is 5.73 Å². The molecule has 0 fully saturated rings. The maximum atomic E-state index is 12.6. The molecule has 1 aromatic heterocycles. The molecule has 0 saturated carbocycles. The van der Waals surface area contributed by atoms with Crippen LogP contribution in [0.4, 0.5) is 0 Å². The van der Waals surface area contributed by atoms with E-state index in [4.69, 9.17) is 15.2 Å². The number of nitrogens with two attached hydrogens (primary N) is 1. The van der Waals surface area contributed by atoms with Gasteiger partial charge in [0.2, 0.25) is 5.91 Å². The van der Waals surface area contributed by atoms with Gasteiger partial charge in [-0.05, 0) is 26.3 Å². The summed E-state index contributed by atoms with van der Waals surface area (Å²) in [6.45, 7) is 4.49. The Kier molecular flexibility index (Phi) is 8.05. The zero-order valence-corrected chi connectivity index (χ0v) is 16.9. The molecule has 1 heterocycles. The fourth-order valence-corrected chi connectivity index (χ4v) is 2.47. The molecule has 27 heavy (non-hydrogen) atoms. The van der Waals surface area contributed by atoms with E-state index >= 15 is 0 Å². The minimum Gasteiger partial charge on any atom is -0.493 e.